The summed E-state index contributed by atoms with van der Waals surface area (Å²) in [6.45, 7) is 1.56. The van der Waals surface area contributed by atoms with E-state index in [2.05, 4.69) is 5.32 Å². The second kappa shape index (κ2) is 4.96. The summed E-state index contributed by atoms with van der Waals surface area (Å²) in [6.07, 6.45) is 0.696. The molecule has 0 saturated heterocycles. The zero-order valence-electron chi connectivity index (χ0n) is 10.3. The monoisotopic (exact) mass is 301 g/mol. The predicted octanol–water partition coefficient (Wildman–Crippen LogP) is 1.69. The molecule has 2 aliphatic rings. The molecular formula is C13H15ClFN2OS+. The number of nitrogens with one attached hydrogen (secondary N) is 1. The van der Waals surface area contributed by atoms with Crippen molar-refractivity contribution in [1.29, 1.82) is 0 Å². The molecule has 0 aliphatic carbocycles. The number of halogens is 2. The summed E-state index contributed by atoms with van der Waals surface area (Å²) < 4.78 is 15.0. The number of thioether (sulfide) groups is 1. The molecule has 6 heteroatoms. The van der Waals surface area contributed by atoms with Crippen LogP contribution >= 0.6 is 23.4 Å². The predicted molar refractivity (Wildman–Crippen MR) is 75.1 cm³/mol. The summed E-state index contributed by atoms with van der Waals surface area (Å²) in [5, 5.41) is 15.4. The van der Waals surface area contributed by atoms with Gasteiger partial charge < -0.3 is 5.11 Å². The fraction of sp³-hybridized carbons (Fsp3) is 0.462. The van der Waals surface area contributed by atoms with Gasteiger partial charge in [-0.25, -0.2) is 8.97 Å². The Labute approximate surface area is 120 Å². The van der Waals surface area contributed by atoms with Crippen molar-refractivity contribution in [3.8, 4) is 0 Å². The van der Waals surface area contributed by atoms with Crippen molar-refractivity contribution in [3.05, 3.63) is 35.6 Å². The minimum Gasteiger partial charge on any atom is -0.348 e. The molecule has 0 aromatic heterocycles. The molecule has 102 valence electrons. The molecule has 0 saturated carbocycles. The third kappa shape index (κ3) is 2.04. The van der Waals surface area contributed by atoms with E-state index in [0.29, 0.717) is 12.3 Å². The maximum absolute atomic E-state index is 13.1. The highest BCUT2D eigenvalue weighted by Gasteiger charge is 2.55. The lowest BCUT2D eigenvalue weighted by molar-refractivity contribution is -0.657. The van der Waals surface area contributed by atoms with Crippen LogP contribution in [0.15, 0.2) is 24.3 Å². The van der Waals surface area contributed by atoms with Crippen molar-refractivity contribution in [2.24, 2.45) is 0 Å². The molecule has 3 nitrogen and oxygen atoms in total. The topological polar surface area (TPSA) is 35.3 Å². The molecule has 3 rings (SSSR count). The van der Waals surface area contributed by atoms with Crippen LogP contribution in [0.3, 0.4) is 0 Å². The minimum absolute atomic E-state index is 0.0433. The van der Waals surface area contributed by atoms with Crippen LogP contribution in [0.1, 0.15) is 12.0 Å². The van der Waals surface area contributed by atoms with E-state index in [1.807, 2.05) is 4.58 Å². The Bertz CT molecular complexity index is 522. The van der Waals surface area contributed by atoms with Crippen molar-refractivity contribution < 1.29 is 14.1 Å². The molecule has 2 aliphatic heterocycles. The van der Waals surface area contributed by atoms with Crippen molar-refractivity contribution >= 4 is 28.5 Å². The first-order valence-electron chi connectivity index (χ1n) is 6.25. The molecule has 0 spiro atoms. The lowest BCUT2D eigenvalue weighted by atomic mass is 9.96. The molecule has 1 aromatic carbocycles. The van der Waals surface area contributed by atoms with Gasteiger partial charge in [-0.15, -0.1) is 11.6 Å². The third-order valence-electron chi connectivity index (χ3n) is 3.61. The van der Waals surface area contributed by atoms with Crippen LogP contribution in [-0.4, -0.2) is 39.1 Å². The number of hydrogen-bond acceptors (Lipinski definition) is 3. The van der Waals surface area contributed by atoms with Gasteiger partial charge in [0.2, 0.25) is 5.72 Å². The summed E-state index contributed by atoms with van der Waals surface area (Å²) in [5.74, 6) is 0.193. The maximum Gasteiger partial charge on any atom is 0.309 e. The first-order chi connectivity index (χ1) is 9.16. The number of amidine groups is 1. The lowest BCUT2D eigenvalue weighted by Gasteiger charge is -2.29. The molecule has 2 heterocycles. The van der Waals surface area contributed by atoms with Crippen LogP contribution in [0.5, 0.6) is 0 Å². The van der Waals surface area contributed by atoms with Gasteiger partial charge in [0.15, 0.2) is 0 Å². The second-order valence-electron chi connectivity index (χ2n) is 4.70. The molecule has 19 heavy (non-hydrogen) atoms. The molecular weight excluding hydrogens is 287 g/mol. The van der Waals surface area contributed by atoms with Gasteiger partial charge in [0, 0.05) is 11.4 Å². The van der Waals surface area contributed by atoms with Gasteiger partial charge in [-0.2, -0.15) is 0 Å². The Morgan fingerprint density at radius 2 is 2.21 bits per heavy atom. The summed E-state index contributed by atoms with van der Waals surface area (Å²) in [4.78, 5) is 0. The van der Waals surface area contributed by atoms with Gasteiger partial charge in [0.1, 0.15) is 18.9 Å². The molecule has 1 aromatic rings. The average molecular weight is 302 g/mol. The molecule has 2 unspecified atom stereocenters. The highest BCUT2D eigenvalue weighted by Crippen LogP contribution is 2.43. The fourth-order valence-electron chi connectivity index (χ4n) is 2.69. The summed E-state index contributed by atoms with van der Waals surface area (Å²) in [7, 11) is 0. The Balaban J connectivity index is 2.03. The molecule has 0 bridgehead atoms. The quantitative estimate of drug-likeness (QED) is 0.659. The van der Waals surface area contributed by atoms with Crippen LogP contribution < -0.4 is 5.32 Å². The lowest BCUT2D eigenvalue weighted by Crippen LogP contribution is -2.44. The summed E-state index contributed by atoms with van der Waals surface area (Å²) in [5.41, 5.74) is -0.387. The maximum atomic E-state index is 13.1. The Morgan fingerprint density at radius 3 is 2.89 bits per heavy atom. The van der Waals surface area contributed by atoms with Crippen molar-refractivity contribution in [1.82, 2.24) is 5.32 Å². The SMILES string of the molecule is OC1(c2ccc(F)cc2)C(CCCl)SC2=[N+]1CCN2. The van der Waals surface area contributed by atoms with Crippen LogP contribution in [0, 0.1) is 5.82 Å². The molecule has 0 fully saturated rings. The highest BCUT2D eigenvalue weighted by molar-refractivity contribution is 8.14. The smallest absolute Gasteiger partial charge is 0.309 e. The number of benzene rings is 1. The largest absolute Gasteiger partial charge is 0.348 e. The molecule has 0 amide bonds. The average Bonchev–Trinajstić information content (AvgIpc) is 2.95. The first kappa shape index (κ1) is 13.2. The summed E-state index contributed by atoms with van der Waals surface area (Å²) >= 11 is 7.46. The number of nitrogens with zero attached hydrogens (tertiary/aromatic N) is 1. The molecule has 0 radical (unpaired) electrons. The number of hydrogen-bond donors (Lipinski definition) is 2. The van der Waals surface area contributed by atoms with Gasteiger partial charge in [-0.3, -0.25) is 5.32 Å². The van der Waals surface area contributed by atoms with Gasteiger partial charge >= 0.3 is 5.17 Å². The van der Waals surface area contributed by atoms with Crippen molar-refractivity contribution in [2.75, 3.05) is 19.0 Å². The molecule has 2 N–H and O–H groups in total. The normalized spacial score (nSPS) is 29.5. The highest BCUT2D eigenvalue weighted by atomic mass is 35.5. The van der Waals surface area contributed by atoms with Crippen LogP contribution in [-0.2, 0) is 5.72 Å². The van der Waals surface area contributed by atoms with Crippen LogP contribution in [0.25, 0.3) is 0 Å². The van der Waals surface area contributed by atoms with Gasteiger partial charge in [-0.05, 0) is 42.4 Å². The second-order valence-corrected chi connectivity index (χ2v) is 6.27. The van der Waals surface area contributed by atoms with Crippen LogP contribution in [0.2, 0.25) is 0 Å². The fourth-order valence-corrected chi connectivity index (χ4v) is 4.51. The van der Waals surface area contributed by atoms with Crippen LogP contribution in [0.4, 0.5) is 4.39 Å². The zero-order valence-corrected chi connectivity index (χ0v) is 11.8. The van der Waals surface area contributed by atoms with Crippen molar-refractivity contribution in [2.45, 2.75) is 17.4 Å². The number of rotatable bonds is 3. The minimum atomic E-state index is -1.11. The van der Waals surface area contributed by atoms with E-state index in [1.54, 1.807) is 23.9 Å². The van der Waals surface area contributed by atoms with E-state index in [0.717, 1.165) is 23.8 Å². The van der Waals surface area contributed by atoms with Gasteiger partial charge in [0.25, 0.3) is 0 Å². The van der Waals surface area contributed by atoms with E-state index in [4.69, 9.17) is 11.6 Å². The van der Waals surface area contributed by atoms with Gasteiger partial charge in [-0.1, -0.05) is 0 Å². The van der Waals surface area contributed by atoms with Gasteiger partial charge in [0.05, 0.1) is 5.25 Å². The van der Waals surface area contributed by atoms with E-state index >= 15 is 0 Å². The van der Waals surface area contributed by atoms with E-state index in [9.17, 15) is 9.50 Å². The Hall–Kier alpha value is -0.780. The standard InChI is InChI=1S/C13H14ClFN2OS/c14-6-5-11-13(18,9-1-3-10(15)4-2-9)17-8-7-16-12(17)19-11/h1-4,11,18H,5-8H2/p+1. The Morgan fingerprint density at radius 1 is 1.47 bits per heavy atom. The Kier molecular flexibility index (Phi) is 3.45. The van der Waals surface area contributed by atoms with Crippen molar-refractivity contribution in [3.63, 3.8) is 0 Å². The third-order valence-corrected chi connectivity index (χ3v) is 5.27. The number of aliphatic hydroxyl groups is 1. The number of alkyl halides is 1. The van der Waals surface area contributed by atoms with E-state index < -0.39 is 5.72 Å². The summed E-state index contributed by atoms with van der Waals surface area (Å²) in [6, 6.07) is 6.07. The molecule has 2 atom stereocenters. The van der Waals surface area contributed by atoms with E-state index in [1.165, 1.54) is 12.1 Å². The van der Waals surface area contributed by atoms with E-state index in [-0.39, 0.29) is 11.1 Å². The zero-order chi connectivity index (χ0) is 13.5. The first-order valence-corrected chi connectivity index (χ1v) is 7.67.